The molecule has 0 bridgehead atoms. The molecule has 1 aromatic carbocycles. The van der Waals surface area contributed by atoms with Crippen molar-refractivity contribution in [2.45, 2.75) is 32.9 Å². The number of ether oxygens (including phenoxy) is 2. The molecule has 2 heterocycles. The molecule has 0 radical (unpaired) electrons. The van der Waals surface area contributed by atoms with Crippen molar-refractivity contribution in [2.24, 2.45) is 12.0 Å². The molecule has 1 aliphatic rings. The van der Waals surface area contributed by atoms with Gasteiger partial charge in [-0.05, 0) is 25.5 Å². The van der Waals surface area contributed by atoms with Crippen LogP contribution in [0.1, 0.15) is 25.0 Å². The van der Waals surface area contributed by atoms with Crippen LogP contribution in [0.3, 0.4) is 0 Å². The van der Waals surface area contributed by atoms with Gasteiger partial charge in [-0.2, -0.15) is 0 Å². The summed E-state index contributed by atoms with van der Waals surface area (Å²) in [5.41, 5.74) is 0. The lowest BCUT2D eigenvalue weighted by Crippen LogP contribution is -2.46. The summed E-state index contributed by atoms with van der Waals surface area (Å²) in [5, 5.41) is 15.0. The van der Waals surface area contributed by atoms with E-state index in [1.165, 1.54) is 12.1 Å². The van der Waals surface area contributed by atoms with E-state index >= 15 is 0 Å². The second kappa shape index (κ2) is 14.3. The predicted octanol–water partition coefficient (Wildman–Crippen LogP) is 2.11. The minimum absolute atomic E-state index is 0. The Labute approximate surface area is 212 Å². The number of aliphatic imine (C=N–C) groups is 1. The number of nitrogens with zero attached hydrogens (tertiary/aromatic N) is 5. The van der Waals surface area contributed by atoms with Gasteiger partial charge in [-0.15, -0.1) is 34.2 Å². The highest BCUT2D eigenvalue weighted by atomic mass is 127. The molecular formula is C22H35FIN7O2. The first kappa shape index (κ1) is 27.3. The summed E-state index contributed by atoms with van der Waals surface area (Å²) in [5.74, 6) is 2.53. The molecule has 1 unspecified atom stereocenters. The van der Waals surface area contributed by atoms with E-state index in [1.807, 2.05) is 25.5 Å². The Morgan fingerprint density at radius 3 is 2.73 bits per heavy atom. The van der Waals surface area contributed by atoms with Crippen molar-refractivity contribution in [3.8, 4) is 5.75 Å². The summed E-state index contributed by atoms with van der Waals surface area (Å²) in [6.07, 6.45) is 0.646. The summed E-state index contributed by atoms with van der Waals surface area (Å²) in [4.78, 5) is 7.05. The van der Waals surface area contributed by atoms with Gasteiger partial charge in [0, 0.05) is 39.3 Å². The van der Waals surface area contributed by atoms with Crippen molar-refractivity contribution < 1.29 is 13.9 Å². The number of morpholine rings is 1. The van der Waals surface area contributed by atoms with Gasteiger partial charge in [-0.25, -0.2) is 9.38 Å². The Morgan fingerprint density at radius 2 is 2.06 bits per heavy atom. The molecule has 33 heavy (non-hydrogen) atoms. The van der Waals surface area contributed by atoms with Gasteiger partial charge in [-0.3, -0.25) is 4.90 Å². The van der Waals surface area contributed by atoms with Gasteiger partial charge in [0.1, 0.15) is 30.0 Å². The fourth-order valence-corrected chi connectivity index (χ4v) is 3.28. The zero-order chi connectivity index (χ0) is 22.8. The second-order valence-corrected chi connectivity index (χ2v) is 7.75. The van der Waals surface area contributed by atoms with Gasteiger partial charge >= 0.3 is 0 Å². The smallest absolute Gasteiger partial charge is 0.191 e. The van der Waals surface area contributed by atoms with E-state index < -0.39 is 0 Å². The quantitative estimate of drug-likeness (QED) is 0.255. The Balaban J connectivity index is 0.00000385. The summed E-state index contributed by atoms with van der Waals surface area (Å²) in [6.45, 7) is 10.0. The zero-order valence-corrected chi connectivity index (χ0v) is 21.9. The Hall–Kier alpha value is -1.99. The molecule has 184 valence electrons. The van der Waals surface area contributed by atoms with Crippen molar-refractivity contribution in [3.05, 3.63) is 41.7 Å². The van der Waals surface area contributed by atoms with E-state index in [9.17, 15) is 4.39 Å². The molecule has 9 nitrogen and oxygen atoms in total. The molecule has 0 amide bonds. The molecule has 1 atom stereocenters. The van der Waals surface area contributed by atoms with E-state index in [0.717, 1.165) is 57.5 Å². The van der Waals surface area contributed by atoms with Crippen LogP contribution in [0.15, 0.2) is 29.3 Å². The lowest BCUT2D eigenvalue weighted by atomic mass is 10.2. The standard InChI is InChI=1S/C22H34FN7O2.HI/c1-4-19(32-20-7-5-6-18(23)14-20)15-25-22(24-8-9-30-10-12-31-13-11-30)26-16-21-28-27-17(2)29(21)3;/h5-7,14,19H,4,8-13,15-16H2,1-3H3,(H2,24,25,26);1H. The van der Waals surface area contributed by atoms with Crippen LogP contribution in [0.25, 0.3) is 0 Å². The highest BCUT2D eigenvalue weighted by Crippen LogP contribution is 2.14. The third-order valence-electron chi connectivity index (χ3n) is 5.44. The number of hydrogen-bond donors (Lipinski definition) is 2. The minimum atomic E-state index is -0.309. The fraction of sp³-hybridized carbons (Fsp3) is 0.591. The topological polar surface area (TPSA) is 88.8 Å². The van der Waals surface area contributed by atoms with Crippen LogP contribution in [0.4, 0.5) is 4.39 Å². The normalized spacial score (nSPS) is 15.6. The average molecular weight is 575 g/mol. The number of hydrogen-bond acceptors (Lipinski definition) is 6. The van der Waals surface area contributed by atoms with Crippen LogP contribution in [-0.2, 0) is 18.3 Å². The van der Waals surface area contributed by atoms with Crippen molar-refractivity contribution in [2.75, 3.05) is 45.9 Å². The first-order chi connectivity index (χ1) is 15.5. The number of halogens is 2. The second-order valence-electron chi connectivity index (χ2n) is 7.75. The third kappa shape index (κ3) is 9.05. The summed E-state index contributed by atoms with van der Waals surface area (Å²) < 4.78 is 26.8. The molecule has 0 spiro atoms. The fourth-order valence-electron chi connectivity index (χ4n) is 3.28. The van der Waals surface area contributed by atoms with E-state index in [-0.39, 0.29) is 35.9 Å². The SMILES string of the molecule is CCC(CNC(=NCc1nnc(C)n1C)NCCN1CCOCC1)Oc1cccc(F)c1.I. The summed E-state index contributed by atoms with van der Waals surface area (Å²) >= 11 is 0. The molecule has 1 aliphatic heterocycles. The van der Waals surface area contributed by atoms with Gasteiger partial charge in [-0.1, -0.05) is 13.0 Å². The number of nitrogens with one attached hydrogen (secondary N) is 2. The molecule has 2 N–H and O–H groups in total. The van der Waals surface area contributed by atoms with Crippen molar-refractivity contribution in [3.63, 3.8) is 0 Å². The number of benzene rings is 1. The minimum Gasteiger partial charge on any atom is -0.489 e. The number of rotatable bonds is 10. The Morgan fingerprint density at radius 1 is 1.27 bits per heavy atom. The highest BCUT2D eigenvalue weighted by Gasteiger charge is 2.13. The summed E-state index contributed by atoms with van der Waals surface area (Å²) in [6, 6.07) is 6.21. The van der Waals surface area contributed by atoms with E-state index in [2.05, 4.69) is 25.7 Å². The van der Waals surface area contributed by atoms with Gasteiger partial charge in [0.2, 0.25) is 0 Å². The number of aryl methyl sites for hydroxylation is 1. The monoisotopic (exact) mass is 575 g/mol. The first-order valence-corrected chi connectivity index (χ1v) is 11.1. The summed E-state index contributed by atoms with van der Waals surface area (Å²) in [7, 11) is 1.93. The molecule has 0 aliphatic carbocycles. The predicted molar refractivity (Wildman–Crippen MR) is 137 cm³/mol. The van der Waals surface area contributed by atoms with Crippen molar-refractivity contribution >= 4 is 29.9 Å². The molecule has 11 heteroatoms. The van der Waals surface area contributed by atoms with Crippen LogP contribution in [-0.4, -0.2) is 77.7 Å². The number of aromatic nitrogens is 3. The van der Waals surface area contributed by atoms with Crippen LogP contribution in [0.5, 0.6) is 5.75 Å². The van der Waals surface area contributed by atoms with E-state index in [1.54, 1.807) is 12.1 Å². The van der Waals surface area contributed by atoms with Crippen LogP contribution >= 0.6 is 24.0 Å². The van der Waals surface area contributed by atoms with Crippen molar-refractivity contribution in [1.82, 2.24) is 30.3 Å². The molecule has 1 saturated heterocycles. The Bertz CT molecular complexity index is 874. The largest absolute Gasteiger partial charge is 0.489 e. The maximum atomic E-state index is 13.5. The highest BCUT2D eigenvalue weighted by molar-refractivity contribution is 14.0. The third-order valence-corrected chi connectivity index (χ3v) is 5.44. The first-order valence-electron chi connectivity index (χ1n) is 11.1. The lowest BCUT2D eigenvalue weighted by molar-refractivity contribution is 0.0389. The average Bonchev–Trinajstić information content (AvgIpc) is 3.12. The number of guanidine groups is 1. The molecule has 0 saturated carbocycles. The van der Waals surface area contributed by atoms with E-state index in [4.69, 9.17) is 14.5 Å². The van der Waals surface area contributed by atoms with Crippen LogP contribution < -0.4 is 15.4 Å². The Kier molecular flexibility index (Phi) is 11.8. The molecule has 2 aromatic rings. The van der Waals surface area contributed by atoms with Gasteiger partial charge in [0.05, 0.1) is 19.8 Å². The van der Waals surface area contributed by atoms with E-state index in [0.29, 0.717) is 24.8 Å². The molecule has 1 aromatic heterocycles. The molecule has 3 rings (SSSR count). The molecular weight excluding hydrogens is 540 g/mol. The van der Waals surface area contributed by atoms with Gasteiger partial charge in [0.15, 0.2) is 11.8 Å². The van der Waals surface area contributed by atoms with Crippen LogP contribution in [0.2, 0.25) is 0 Å². The van der Waals surface area contributed by atoms with Crippen molar-refractivity contribution in [1.29, 1.82) is 0 Å². The van der Waals surface area contributed by atoms with Crippen LogP contribution in [0, 0.1) is 12.7 Å². The zero-order valence-electron chi connectivity index (χ0n) is 19.6. The van der Waals surface area contributed by atoms with Gasteiger partial charge in [0.25, 0.3) is 0 Å². The maximum absolute atomic E-state index is 13.5. The maximum Gasteiger partial charge on any atom is 0.191 e. The lowest BCUT2D eigenvalue weighted by Gasteiger charge is -2.27. The van der Waals surface area contributed by atoms with Gasteiger partial charge < -0.3 is 24.7 Å². The molecule has 1 fully saturated rings.